The average Bonchev–Trinajstić information content (AvgIpc) is 2.43. The van der Waals surface area contributed by atoms with Gasteiger partial charge in [-0.2, -0.15) is 0 Å². The fourth-order valence-corrected chi connectivity index (χ4v) is 2.34. The van der Waals surface area contributed by atoms with Gasteiger partial charge in [-0.15, -0.1) is 0 Å². The summed E-state index contributed by atoms with van der Waals surface area (Å²) in [5.41, 5.74) is 2.71. The van der Waals surface area contributed by atoms with E-state index >= 15 is 0 Å². The van der Waals surface area contributed by atoms with Crippen LogP contribution in [0.3, 0.4) is 0 Å². The first-order chi connectivity index (χ1) is 9.19. The lowest BCUT2D eigenvalue weighted by atomic mass is 9.94. The van der Waals surface area contributed by atoms with Crippen LogP contribution in [0.2, 0.25) is 0 Å². The van der Waals surface area contributed by atoms with Gasteiger partial charge < -0.3 is 10.1 Å². The van der Waals surface area contributed by atoms with Crippen LogP contribution < -0.4 is 10.1 Å². The van der Waals surface area contributed by atoms with E-state index in [-0.39, 0.29) is 11.9 Å². The minimum atomic E-state index is -0.262. The van der Waals surface area contributed by atoms with Crippen molar-refractivity contribution in [2.75, 3.05) is 14.2 Å². The zero-order chi connectivity index (χ0) is 13.8. The van der Waals surface area contributed by atoms with Crippen molar-refractivity contribution in [3.8, 4) is 5.75 Å². The second-order valence-electron chi connectivity index (χ2n) is 4.43. The number of methoxy groups -OCH3 is 1. The van der Waals surface area contributed by atoms with E-state index in [2.05, 4.69) is 5.32 Å². The van der Waals surface area contributed by atoms with E-state index in [4.69, 9.17) is 4.74 Å². The maximum atomic E-state index is 14.2. The van der Waals surface area contributed by atoms with E-state index in [1.807, 2.05) is 38.2 Å². The molecule has 1 N–H and O–H groups in total. The third-order valence-corrected chi connectivity index (χ3v) is 3.31. The van der Waals surface area contributed by atoms with Gasteiger partial charge in [0.1, 0.15) is 11.6 Å². The predicted molar refractivity (Wildman–Crippen MR) is 75.0 cm³/mol. The summed E-state index contributed by atoms with van der Waals surface area (Å²) in [6, 6.07) is 12.6. The summed E-state index contributed by atoms with van der Waals surface area (Å²) >= 11 is 0. The van der Waals surface area contributed by atoms with Crippen LogP contribution >= 0.6 is 0 Å². The molecule has 2 aromatic rings. The molecule has 2 aromatic carbocycles. The second kappa shape index (κ2) is 5.85. The summed E-state index contributed by atoms with van der Waals surface area (Å²) in [5, 5.41) is 3.17. The van der Waals surface area contributed by atoms with Gasteiger partial charge in [0.05, 0.1) is 18.7 Å². The summed E-state index contributed by atoms with van der Waals surface area (Å²) in [6.45, 7) is 2.02. The topological polar surface area (TPSA) is 21.3 Å². The number of ether oxygens (including phenoxy) is 1. The van der Waals surface area contributed by atoms with Crippen LogP contribution in [0.4, 0.5) is 4.39 Å². The third kappa shape index (κ3) is 2.61. The molecule has 0 saturated heterocycles. The van der Waals surface area contributed by atoms with E-state index in [1.165, 1.54) is 6.07 Å². The normalized spacial score (nSPS) is 12.2. The number of hydrogen-bond acceptors (Lipinski definition) is 2. The van der Waals surface area contributed by atoms with Gasteiger partial charge in [-0.1, -0.05) is 30.3 Å². The van der Waals surface area contributed by atoms with Crippen LogP contribution in [0.1, 0.15) is 22.7 Å². The molecule has 1 unspecified atom stereocenters. The molecular formula is C16H18FNO. The van der Waals surface area contributed by atoms with Crippen LogP contribution in [-0.2, 0) is 0 Å². The van der Waals surface area contributed by atoms with E-state index in [1.54, 1.807) is 19.2 Å². The molecule has 0 saturated carbocycles. The zero-order valence-electron chi connectivity index (χ0n) is 11.4. The summed E-state index contributed by atoms with van der Waals surface area (Å²) in [5.74, 6) is 0.296. The van der Waals surface area contributed by atoms with Crippen molar-refractivity contribution in [3.63, 3.8) is 0 Å². The Hall–Kier alpha value is -1.87. The van der Waals surface area contributed by atoms with Crippen LogP contribution in [0.25, 0.3) is 0 Å². The standard InChI is InChI=1S/C16H18FNO/c1-11-7-4-5-8-12(11)16(18-2)15-13(17)9-6-10-14(15)19-3/h4-10,16,18H,1-3H3. The van der Waals surface area contributed by atoms with Gasteiger partial charge in [0.15, 0.2) is 0 Å². The zero-order valence-corrected chi connectivity index (χ0v) is 11.4. The highest BCUT2D eigenvalue weighted by Crippen LogP contribution is 2.33. The lowest BCUT2D eigenvalue weighted by Gasteiger charge is -2.22. The molecule has 0 spiro atoms. The molecular weight excluding hydrogens is 241 g/mol. The van der Waals surface area contributed by atoms with Crippen molar-refractivity contribution < 1.29 is 9.13 Å². The van der Waals surface area contributed by atoms with E-state index in [9.17, 15) is 4.39 Å². The van der Waals surface area contributed by atoms with Gasteiger partial charge in [-0.05, 0) is 37.2 Å². The number of nitrogens with one attached hydrogen (secondary N) is 1. The summed E-state index contributed by atoms with van der Waals surface area (Å²) in [7, 11) is 3.38. The SMILES string of the molecule is CNC(c1ccccc1C)c1c(F)cccc1OC. The number of benzene rings is 2. The summed E-state index contributed by atoms with van der Waals surface area (Å²) < 4.78 is 19.5. The monoisotopic (exact) mass is 259 g/mol. The van der Waals surface area contributed by atoms with Crippen LogP contribution in [0.5, 0.6) is 5.75 Å². The Morgan fingerprint density at radius 2 is 1.84 bits per heavy atom. The highest BCUT2D eigenvalue weighted by Gasteiger charge is 2.21. The van der Waals surface area contributed by atoms with Crippen molar-refractivity contribution >= 4 is 0 Å². The van der Waals surface area contributed by atoms with Gasteiger partial charge in [-0.25, -0.2) is 4.39 Å². The van der Waals surface area contributed by atoms with Crippen LogP contribution in [0, 0.1) is 12.7 Å². The molecule has 0 aliphatic carbocycles. The van der Waals surface area contributed by atoms with Gasteiger partial charge in [-0.3, -0.25) is 0 Å². The lowest BCUT2D eigenvalue weighted by molar-refractivity contribution is 0.398. The fraction of sp³-hybridized carbons (Fsp3) is 0.250. The molecule has 100 valence electrons. The van der Waals surface area contributed by atoms with E-state index in [0.29, 0.717) is 11.3 Å². The Morgan fingerprint density at radius 3 is 2.47 bits per heavy atom. The van der Waals surface area contributed by atoms with Gasteiger partial charge >= 0.3 is 0 Å². The number of halogens is 1. The van der Waals surface area contributed by atoms with Gasteiger partial charge in [0.25, 0.3) is 0 Å². The molecule has 0 amide bonds. The first-order valence-electron chi connectivity index (χ1n) is 6.24. The maximum Gasteiger partial charge on any atom is 0.132 e. The van der Waals surface area contributed by atoms with Crippen molar-refractivity contribution in [2.45, 2.75) is 13.0 Å². The van der Waals surface area contributed by atoms with Gasteiger partial charge in [0.2, 0.25) is 0 Å². The molecule has 0 aromatic heterocycles. The highest BCUT2D eigenvalue weighted by molar-refractivity contribution is 5.44. The molecule has 0 aliphatic heterocycles. The Kier molecular flexibility index (Phi) is 4.17. The van der Waals surface area contributed by atoms with Crippen LogP contribution in [0.15, 0.2) is 42.5 Å². The van der Waals surface area contributed by atoms with Crippen molar-refractivity contribution in [2.24, 2.45) is 0 Å². The second-order valence-corrected chi connectivity index (χ2v) is 4.43. The van der Waals surface area contributed by atoms with E-state index in [0.717, 1.165) is 11.1 Å². The molecule has 0 bridgehead atoms. The first-order valence-corrected chi connectivity index (χ1v) is 6.24. The molecule has 0 aliphatic rings. The van der Waals surface area contributed by atoms with Gasteiger partial charge in [0, 0.05) is 0 Å². The molecule has 0 heterocycles. The quantitative estimate of drug-likeness (QED) is 0.908. The number of hydrogen-bond donors (Lipinski definition) is 1. The predicted octanol–water partition coefficient (Wildman–Crippen LogP) is 3.45. The van der Waals surface area contributed by atoms with Crippen molar-refractivity contribution in [1.29, 1.82) is 0 Å². The molecule has 2 nitrogen and oxygen atoms in total. The fourth-order valence-electron chi connectivity index (χ4n) is 2.34. The molecule has 2 rings (SSSR count). The molecule has 3 heteroatoms. The Labute approximate surface area is 113 Å². The summed E-state index contributed by atoms with van der Waals surface area (Å²) in [4.78, 5) is 0. The first kappa shape index (κ1) is 13.6. The summed E-state index contributed by atoms with van der Waals surface area (Å²) in [6.07, 6.45) is 0. The Bertz CT molecular complexity index is 568. The van der Waals surface area contributed by atoms with E-state index < -0.39 is 0 Å². The maximum absolute atomic E-state index is 14.2. The smallest absolute Gasteiger partial charge is 0.132 e. The highest BCUT2D eigenvalue weighted by atomic mass is 19.1. The number of rotatable bonds is 4. The largest absolute Gasteiger partial charge is 0.496 e. The molecule has 19 heavy (non-hydrogen) atoms. The molecule has 0 radical (unpaired) electrons. The Balaban J connectivity index is 2.58. The third-order valence-electron chi connectivity index (χ3n) is 3.31. The van der Waals surface area contributed by atoms with Crippen LogP contribution in [-0.4, -0.2) is 14.2 Å². The lowest BCUT2D eigenvalue weighted by Crippen LogP contribution is -2.20. The van der Waals surface area contributed by atoms with Crippen molar-refractivity contribution in [1.82, 2.24) is 5.32 Å². The van der Waals surface area contributed by atoms with Crippen molar-refractivity contribution in [3.05, 3.63) is 65.0 Å². The minimum Gasteiger partial charge on any atom is -0.496 e. The minimum absolute atomic E-state index is 0.225. The molecule has 1 atom stereocenters. The average molecular weight is 259 g/mol. The Morgan fingerprint density at radius 1 is 1.11 bits per heavy atom. The molecule has 0 fully saturated rings. The number of aryl methyl sites for hydroxylation is 1.